The second-order valence-electron chi connectivity index (χ2n) is 3.85. The van der Waals surface area contributed by atoms with Crippen molar-refractivity contribution in [3.05, 3.63) is 16.9 Å². The lowest BCUT2D eigenvalue weighted by Gasteiger charge is -2.06. The number of hydrogen-bond donors (Lipinski definition) is 1. The van der Waals surface area contributed by atoms with Crippen LogP contribution < -0.4 is 5.32 Å². The lowest BCUT2D eigenvalue weighted by molar-refractivity contribution is 0.683. The Balaban J connectivity index is 2.38. The zero-order chi connectivity index (χ0) is 11.8. The van der Waals surface area contributed by atoms with Crippen molar-refractivity contribution in [2.45, 2.75) is 46.0 Å². The van der Waals surface area contributed by atoms with Crippen LogP contribution in [0.3, 0.4) is 0 Å². The minimum Gasteiger partial charge on any atom is -0.354 e. The number of halogens is 1. The Hall–Kier alpha value is -0.830. The van der Waals surface area contributed by atoms with Gasteiger partial charge in [0.15, 0.2) is 0 Å². The fourth-order valence-corrected chi connectivity index (χ4v) is 1.68. The summed E-state index contributed by atoms with van der Waals surface area (Å²) in [6, 6.07) is 1.81. The Morgan fingerprint density at radius 1 is 1.19 bits per heavy atom. The number of anilines is 1. The summed E-state index contributed by atoms with van der Waals surface area (Å²) in [4.78, 5) is 8.51. The molecule has 0 aliphatic rings. The van der Waals surface area contributed by atoms with Gasteiger partial charge in [-0.15, -0.1) is 0 Å². The van der Waals surface area contributed by atoms with Crippen molar-refractivity contribution in [3.8, 4) is 0 Å². The van der Waals surface area contributed by atoms with Crippen LogP contribution in [0.5, 0.6) is 0 Å². The van der Waals surface area contributed by atoms with E-state index in [1.807, 2.05) is 6.07 Å². The number of aryl methyl sites for hydroxylation is 1. The van der Waals surface area contributed by atoms with Crippen molar-refractivity contribution < 1.29 is 0 Å². The molecule has 4 heteroatoms. The first kappa shape index (κ1) is 13.2. The van der Waals surface area contributed by atoms with Crippen LogP contribution in [0.1, 0.15) is 45.2 Å². The first-order valence-electron chi connectivity index (χ1n) is 6.03. The Morgan fingerprint density at radius 2 is 2.00 bits per heavy atom. The van der Waals surface area contributed by atoms with Gasteiger partial charge in [0.1, 0.15) is 5.15 Å². The average molecular weight is 242 g/mol. The molecule has 1 aromatic heterocycles. The van der Waals surface area contributed by atoms with Crippen molar-refractivity contribution in [1.82, 2.24) is 9.97 Å². The summed E-state index contributed by atoms with van der Waals surface area (Å²) in [6.07, 6.45) is 5.84. The van der Waals surface area contributed by atoms with Gasteiger partial charge in [0.2, 0.25) is 5.95 Å². The van der Waals surface area contributed by atoms with E-state index in [0.717, 1.165) is 25.1 Å². The summed E-state index contributed by atoms with van der Waals surface area (Å²) < 4.78 is 0. The molecule has 0 aliphatic heterocycles. The van der Waals surface area contributed by atoms with Crippen LogP contribution in [0.15, 0.2) is 6.07 Å². The van der Waals surface area contributed by atoms with E-state index in [2.05, 4.69) is 29.1 Å². The molecule has 16 heavy (non-hydrogen) atoms. The molecule has 0 radical (unpaired) electrons. The van der Waals surface area contributed by atoms with Gasteiger partial charge in [-0.05, 0) is 18.9 Å². The zero-order valence-corrected chi connectivity index (χ0v) is 10.8. The van der Waals surface area contributed by atoms with Crippen LogP contribution in [-0.4, -0.2) is 16.5 Å². The summed E-state index contributed by atoms with van der Waals surface area (Å²) in [5.74, 6) is 0.654. The lowest BCUT2D eigenvalue weighted by Crippen LogP contribution is -2.06. The quantitative estimate of drug-likeness (QED) is 0.585. The number of hydrogen-bond acceptors (Lipinski definition) is 3. The van der Waals surface area contributed by atoms with Gasteiger partial charge in [0.05, 0.1) is 0 Å². The third-order valence-electron chi connectivity index (χ3n) is 2.42. The number of nitrogens with one attached hydrogen (secondary N) is 1. The van der Waals surface area contributed by atoms with Gasteiger partial charge < -0.3 is 5.32 Å². The lowest BCUT2D eigenvalue weighted by atomic mass is 10.2. The van der Waals surface area contributed by atoms with E-state index in [4.69, 9.17) is 11.6 Å². The highest BCUT2D eigenvalue weighted by Gasteiger charge is 2.00. The topological polar surface area (TPSA) is 37.8 Å². The molecule has 0 saturated heterocycles. The third-order valence-corrected chi connectivity index (χ3v) is 2.62. The minimum atomic E-state index is 0.517. The van der Waals surface area contributed by atoms with Gasteiger partial charge in [0.25, 0.3) is 0 Å². The Kier molecular flexibility index (Phi) is 6.16. The largest absolute Gasteiger partial charge is 0.354 e. The SMILES string of the molecule is CCCCCCNc1nc(Cl)cc(CC)n1. The van der Waals surface area contributed by atoms with E-state index >= 15 is 0 Å². The van der Waals surface area contributed by atoms with Crippen LogP contribution in [0.25, 0.3) is 0 Å². The second kappa shape index (κ2) is 7.44. The molecule has 1 heterocycles. The minimum absolute atomic E-state index is 0.517. The van der Waals surface area contributed by atoms with Crippen molar-refractivity contribution in [3.63, 3.8) is 0 Å². The van der Waals surface area contributed by atoms with Crippen LogP contribution in [0.4, 0.5) is 5.95 Å². The van der Waals surface area contributed by atoms with Gasteiger partial charge in [-0.2, -0.15) is 0 Å². The average Bonchev–Trinajstić information content (AvgIpc) is 2.28. The summed E-state index contributed by atoms with van der Waals surface area (Å²) in [7, 11) is 0. The van der Waals surface area contributed by atoms with E-state index in [1.165, 1.54) is 19.3 Å². The summed E-state index contributed by atoms with van der Waals surface area (Å²) in [6.45, 7) is 5.19. The molecule has 0 amide bonds. The molecule has 0 saturated carbocycles. The molecule has 3 nitrogen and oxygen atoms in total. The third kappa shape index (κ3) is 4.79. The highest BCUT2D eigenvalue weighted by Crippen LogP contribution is 2.11. The van der Waals surface area contributed by atoms with Crippen molar-refractivity contribution in [2.24, 2.45) is 0 Å². The van der Waals surface area contributed by atoms with E-state index in [-0.39, 0.29) is 0 Å². The predicted octanol–water partition coefficient (Wildman–Crippen LogP) is 3.68. The van der Waals surface area contributed by atoms with E-state index in [9.17, 15) is 0 Å². The van der Waals surface area contributed by atoms with Crippen LogP contribution in [0.2, 0.25) is 5.15 Å². The maximum absolute atomic E-state index is 5.90. The zero-order valence-electron chi connectivity index (χ0n) is 10.1. The number of rotatable bonds is 7. The monoisotopic (exact) mass is 241 g/mol. The van der Waals surface area contributed by atoms with Crippen molar-refractivity contribution >= 4 is 17.5 Å². The summed E-state index contributed by atoms with van der Waals surface area (Å²) >= 11 is 5.90. The van der Waals surface area contributed by atoms with Crippen molar-refractivity contribution in [2.75, 3.05) is 11.9 Å². The molecule has 0 fully saturated rings. The molecule has 1 rings (SSSR count). The second-order valence-corrected chi connectivity index (χ2v) is 4.23. The van der Waals surface area contributed by atoms with Gasteiger partial charge in [-0.1, -0.05) is 44.7 Å². The van der Waals surface area contributed by atoms with Gasteiger partial charge in [-0.3, -0.25) is 0 Å². The highest BCUT2D eigenvalue weighted by atomic mass is 35.5. The molecule has 0 bridgehead atoms. The van der Waals surface area contributed by atoms with E-state index in [1.54, 1.807) is 0 Å². The Bertz CT molecular complexity index is 315. The summed E-state index contributed by atoms with van der Waals surface area (Å²) in [5, 5.41) is 3.73. The first-order chi connectivity index (χ1) is 7.76. The van der Waals surface area contributed by atoms with Gasteiger partial charge >= 0.3 is 0 Å². The molecular formula is C12H20ClN3. The normalized spacial score (nSPS) is 10.4. The Morgan fingerprint density at radius 3 is 2.69 bits per heavy atom. The molecule has 90 valence electrons. The Labute approximate surface area is 103 Å². The molecule has 1 N–H and O–H groups in total. The number of nitrogens with zero attached hydrogens (tertiary/aromatic N) is 2. The molecule has 0 atom stereocenters. The molecule has 0 aliphatic carbocycles. The van der Waals surface area contributed by atoms with Gasteiger partial charge in [0, 0.05) is 12.2 Å². The van der Waals surface area contributed by atoms with Crippen LogP contribution in [-0.2, 0) is 6.42 Å². The van der Waals surface area contributed by atoms with Gasteiger partial charge in [-0.25, -0.2) is 9.97 Å². The standard InChI is InChI=1S/C12H20ClN3/c1-3-5-6-7-8-14-12-15-10(4-2)9-11(13)16-12/h9H,3-8H2,1-2H3,(H,14,15,16). The first-order valence-corrected chi connectivity index (χ1v) is 6.41. The van der Waals surface area contributed by atoms with Crippen LogP contribution >= 0.6 is 11.6 Å². The van der Waals surface area contributed by atoms with E-state index in [0.29, 0.717) is 11.1 Å². The molecule has 0 unspecified atom stereocenters. The number of unbranched alkanes of at least 4 members (excludes halogenated alkanes) is 3. The number of aromatic nitrogens is 2. The maximum Gasteiger partial charge on any atom is 0.224 e. The molecule has 0 spiro atoms. The highest BCUT2D eigenvalue weighted by molar-refractivity contribution is 6.29. The van der Waals surface area contributed by atoms with Crippen LogP contribution in [0, 0.1) is 0 Å². The maximum atomic E-state index is 5.90. The fourth-order valence-electron chi connectivity index (χ4n) is 1.48. The molecule has 1 aromatic rings. The smallest absolute Gasteiger partial charge is 0.224 e. The predicted molar refractivity (Wildman–Crippen MR) is 69.1 cm³/mol. The molecular weight excluding hydrogens is 222 g/mol. The molecule has 0 aromatic carbocycles. The van der Waals surface area contributed by atoms with E-state index < -0.39 is 0 Å². The summed E-state index contributed by atoms with van der Waals surface area (Å²) in [5.41, 5.74) is 0.982. The van der Waals surface area contributed by atoms with Crippen molar-refractivity contribution in [1.29, 1.82) is 0 Å². The fraction of sp³-hybridized carbons (Fsp3) is 0.667.